The van der Waals surface area contributed by atoms with E-state index in [-0.39, 0.29) is 25.7 Å². The Morgan fingerprint density at radius 1 is 0.500 bits per heavy atom. The van der Waals surface area contributed by atoms with Gasteiger partial charge in [-0.3, -0.25) is 24.0 Å². The summed E-state index contributed by atoms with van der Waals surface area (Å²) in [4.78, 5) is 57.9. The lowest BCUT2D eigenvalue weighted by molar-refractivity contribution is -0.775. The van der Waals surface area contributed by atoms with Gasteiger partial charge < -0.3 is 25.5 Å². The van der Waals surface area contributed by atoms with Crippen molar-refractivity contribution >= 4 is 29.8 Å². The van der Waals surface area contributed by atoms with Crippen molar-refractivity contribution in [3.8, 4) is 0 Å². The Labute approximate surface area is 157 Å². The maximum atomic E-state index is 11.7. The fourth-order valence-electron chi connectivity index (χ4n) is 10.6. The Balaban J connectivity index is 1.68. The van der Waals surface area contributed by atoms with Crippen molar-refractivity contribution in [1.82, 2.24) is 0 Å². The number of hydrogen-bond donors (Lipinski definition) is 5. The maximum absolute atomic E-state index is 11.7. The van der Waals surface area contributed by atoms with Crippen LogP contribution in [0.4, 0.5) is 0 Å². The molecule has 6 fully saturated rings. The normalized spacial score (nSPS) is 51.9. The van der Waals surface area contributed by atoms with Crippen molar-refractivity contribution in [1.29, 1.82) is 0 Å². The number of carbonyl (C=O) groups is 5. The average Bonchev–Trinajstić information content (AvgIpc) is 2.46. The van der Waals surface area contributed by atoms with E-state index in [1.54, 1.807) is 0 Å². The minimum atomic E-state index is -1.22. The van der Waals surface area contributed by atoms with E-state index in [1.807, 2.05) is 0 Å². The molecule has 0 spiro atoms. The first kappa shape index (κ1) is 17.4. The van der Waals surface area contributed by atoms with Crippen LogP contribution in [0.5, 0.6) is 0 Å². The molecule has 0 aromatic carbocycles. The molecule has 10 heteroatoms. The highest BCUT2D eigenvalue weighted by molar-refractivity contribution is 5.87. The van der Waals surface area contributed by atoms with Crippen LogP contribution in [-0.4, -0.2) is 55.4 Å². The summed E-state index contributed by atoms with van der Waals surface area (Å²) < 4.78 is 0. The highest BCUT2D eigenvalue weighted by Crippen LogP contribution is 3.24. The molecule has 0 radical (unpaired) electrons. The van der Waals surface area contributed by atoms with Gasteiger partial charge in [0.15, 0.2) is 0 Å². The second-order valence-corrected chi connectivity index (χ2v) is 9.29. The van der Waals surface area contributed by atoms with E-state index in [1.165, 1.54) is 0 Å². The van der Waals surface area contributed by atoms with Crippen molar-refractivity contribution in [3.63, 3.8) is 0 Å². The Morgan fingerprint density at radius 3 is 1.04 bits per heavy atom. The second-order valence-electron chi connectivity index (χ2n) is 9.29. The van der Waals surface area contributed by atoms with Crippen molar-refractivity contribution in [3.05, 3.63) is 0 Å². The van der Waals surface area contributed by atoms with Gasteiger partial charge in [-0.05, 0) is 39.4 Å². The molecular formula is C18H18O10. The Bertz CT molecular complexity index is 812. The van der Waals surface area contributed by atoms with Gasteiger partial charge in [-0.2, -0.15) is 0 Å². The van der Waals surface area contributed by atoms with E-state index >= 15 is 0 Å². The van der Waals surface area contributed by atoms with Crippen LogP contribution < -0.4 is 0 Å². The molecule has 6 rings (SSSR count). The van der Waals surface area contributed by atoms with Crippen LogP contribution in [0.1, 0.15) is 32.1 Å². The minimum Gasteiger partial charge on any atom is -0.481 e. The van der Waals surface area contributed by atoms with Gasteiger partial charge in [0.25, 0.3) is 0 Å². The summed E-state index contributed by atoms with van der Waals surface area (Å²) in [6.45, 7) is 0. The number of rotatable bonds is 10. The Hall–Kier alpha value is -2.65. The summed E-state index contributed by atoms with van der Waals surface area (Å²) >= 11 is 0. The molecule has 6 aliphatic carbocycles. The van der Waals surface area contributed by atoms with Gasteiger partial charge in [-0.1, -0.05) is 0 Å². The molecule has 6 aliphatic rings. The van der Waals surface area contributed by atoms with Crippen LogP contribution in [-0.2, 0) is 24.0 Å². The SMILES string of the molecule is O=C(O)CC12C3C4(CC(=O)O)C1C1(CC(=O)O)C2C3(CC(=O)O)C41CC(=O)O. The summed E-state index contributed by atoms with van der Waals surface area (Å²) in [5, 5.41) is 47.3. The van der Waals surface area contributed by atoms with Gasteiger partial charge in [0, 0.05) is 5.41 Å². The molecule has 150 valence electrons. The van der Waals surface area contributed by atoms with Crippen molar-refractivity contribution in [2.45, 2.75) is 32.1 Å². The molecule has 0 amide bonds. The molecule has 0 aliphatic heterocycles. The van der Waals surface area contributed by atoms with Crippen molar-refractivity contribution < 1.29 is 49.5 Å². The zero-order valence-electron chi connectivity index (χ0n) is 14.5. The molecule has 0 atom stereocenters. The predicted octanol–water partition coefficient (Wildman–Crippen LogP) is 0.209. The quantitative estimate of drug-likeness (QED) is 0.343. The number of aliphatic carboxylic acids is 5. The molecule has 28 heavy (non-hydrogen) atoms. The van der Waals surface area contributed by atoms with Gasteiger partial charge in [0.05, 0.1) is 32.1 Å². The lowest BCUT2D eigenvalue weighted by Gasteiger charge is -3.23. The monoisotopic (exact) mass is 394 g/mol. The van der Waals surface area contributed by atoms with Crippen LogP contribution >= 0.6 is 0 Å². The lowest BCUT2D eigenvalue weighted by atomic mass is 8.79. The van der Waals surface area contributed by atoms with E-state index < -0.39 is 81.1 Å². The smallest absolute Gasteiger partial charge is 0.303 e. The molecule has 0 aromatic heterocycles. The summed E-state index contributed by atoms with van der Waals surface area (Å²) in [7, 11) is 0. The lowest BCUT2D eigenvalue weighted by Crippen LogP contribution is -3.22. The molecule has 0 unspecified atom stereocenters. The third kappa shape index (κ3) is 1.09. The van der Waals surface area contributed by atoms with Crippen LogP contribution in [0.15, 0.2) is 0 Å². The van der Waals surface area contributed by atoms with Gasteiger partial charge >= 0.3 is 29.8 Å². The zero-order chi connectivity index (χ0) is 20.7. The minimum absolute atomic E-state index is 0.264. The molecule has 5 N–H and O–H groups in total. The van der Waals surface area contributed by atoms with Gasteiger partial charge in [-0.25, -0.2) is 0 Å². The molecule has 0 saturated heterocycles. The van der Waals surface area contributed by atoms with Gasteiger partial charge in [0.1, 0.15) is 0 Å². The fraction of sp³-hybridized carbons (Fsp3) is 0.722. The largest absolute Gasteiger partial charge is 0.481 e. The second kappa shape index (κ2) is 4.18. The Morgan fingerprint density at radius 2 is 0.786 bits per heavy atom. The first-order valence-electron chi connectivity index (χ1n) is 9.02. The van der Waals surface area contributed by atoms with Crippen LogP contribution in [0.3, 0.4) is 0 Å². The summed E-state index contributed by atoms with van der Waals surface area (Å²) in [5.41, 5.74) is -5.01. The molecule has 0 aromatic rings. The molecular weight excluding hydrogens is 376 g/mol. The number of carboxylic acid groups (broad SMARTS) is 5. The summed E-state index contributed by atoms with van der Waals surface area (Å²) in [5.74, 6) is -7.26. The standard InChI is InChI=1S/C18H18O10/c19-6(20)1-14-11-15(2-7(21)22)12(14)17(4-9(25)26)13(14)16(11,3-8(23)24)18(15,17)5-10(27)28/h11-13H,1-5H2,(H,19,20)(H,21,22)(H,23,24)(H,25,26)(H,27,28). The van der Waals surface area contributed by atoms with E-state index in [9.17, 15) is 49.5 Å². The van der Waals surface area contributed by atoms with Crippen molar-refractivity contribution in [2.24, 2.45) is 44.8 Å². The molecule has 10 nitrogen and oxygen atoms in total. The number of carboxylic acids is 5. The Kier molecular flexibility index (Phi) is 2.61. The summed E-state index contributed by atoms with van der Waals surface area (Å²) in [6.07, 6.45) is -1.89. The van der Waals surface area contributed by atoms with Gasteiger partial charge in [-0.15, -0.1) is 0 Å². The van der Waals surface area contributed by atoms with E-state index in [2.05, 4.69) is 0 Å². The topological polar surface area (TPSA) is 186 Å². The van der Waals surface area contributed by atoms with Crippen LogP contribution in [0, 0.1) is 44.8 Å². The molecule has 6 saturated carbocycles. The highest BCUT2D eigenvalue weighted by Gasteiger charge is 3.23. The summed E-state index contributed by atoms with van der Waals surface area (Å²) in [6, 6.07) is 0. The highest BCUT2D eigenvalue weighted by atomic mass is 16.4. The maximum Gasteiger partial charge on any atom is 0.303 e. The van der Waals surface area contributed by atoms with Gasteiger partial charge in [0.2, 0.25) is 0 Å². The third-order valence-electron chi connectivity index (χ3n) is 9.29. The predicted molar refractivity (Wildman–Crippen MR) is 83.9 cm³/mol. The van der Waals surface area contributed by atoms with E-state index in [0.717, 1.165) is 0 Å². The molecule has 0 heterocycles. The third-order valence-corrected chi connectivity index (χ3v) is 9.29. The zero-order valence-corrected chi connectivity index (χ0v) is 14.5. The van der Waals surface area contributed by atoms with Crippen molar-refractivity contribution in [2.75, 3.05) is 0 Å². The average molecular weight is 394 g/mol. The van der Waals surface area contributed by atoms with E-state index in [4.69, 9.17) is 0 Å². The number of hydrogen-bond acceptors (Lipinski definition) is 5. The van der Waals surface area contributed by atoms with Crippen LogP contribution in [0.25, 0.3) is 0 Å². The van der Waals surface area contributed by atoms with E-state index in [0.29, 0.717) is 0 Å². The van der Waals surface area contributed by atoms with Crippen LogP contribution in [0.2, 0.25) is 0 Å². The molecule has 0 bridgehead atoms. The fourth-order valence-corrected chi connectivity index (χ4v) is 10.6. The first-order chi connectivity index (χ1) is 12.9. The first-order valence-corrected chi connectivity index (χ1v) is 9.02.